The van der Waals surface area contributed by atoms with Crippen molar-refractivity contribution in [3.63, 3.8) is 0 Å². The second-order valence-electron chi connectivity index (χ2n) is 4.13. The molecule has 1 rings (SSSR count). The number of nitrogens with zero attached hydrogens (tertiary/aromatic N) is 1. The van der Waals surface area contributed by atoms with Gasteiger partial charge in [0.1, 0.15) is 0 Å². The molecule has 0 aliphatic rings. The molecule has 0 aromatic heterocycles. The Balaban J connectivity index is 3.08. The third kappa shape index (κ3) is 4.02. The van der Waals surface area contributed by atoms with Crippen LogP contribution in [0.5, 0.6) is 0 Å². The number of urea groups is 1. The molecule has 110 valence electrons. The van der Waals surface area contributed by atoms with Gasteiger partial charge >= 0.3 is 12.0 Å². The van der Waals surface area contributed by atoms with E-state index < -0.39 is 5.97 Å². The van der Waals surface area contributed by atoms with Crippen molar-refractivity contribution in [2.45, 2.75) is 20.3 Å². The summed E-state index contributed by atoms with van der Waals surface area (Å²) in [6.07, 6.45) is 0.807. The molecule has 0 aliphatic heterocycles. The zero-order chi connectivity index (χ0) is 15.3. The topological polar surface area (TPSA) is 69.6 Å². The summed E-state index contributed by atoms with van der Waals surface area (Å²) in [5, 5.41) is 12.0. The van der Waals surface area contributed by atoms with Crippen LogP contribution in [0.25, 0.3) is 0 Å². The molecule has 0 radical (unpaired) electrons. The molecule has 0 unspecified atom stereocenters. The van der Waals surface area contributed by atoms with E-state index in [0.29, 0.717) is 13.1 Å². The highest BCUT2D eigenvalue weighted by Gasteiger charge is 2.19. The van der Waals surface area contributed by atoms with E-state index >= 15 is 0 Å². The van der Waals surface area contributed by atoms with Gasteiger partial charge in [-0.3, -0.25) is 0 Å². The minimum Gasteiger partial charge on any atom is -0.478 e. The quantitative estimate of drug-likeness (QED) is 0.863. The first kappa shape index (κ1) is 16.6. The molecule has 0 spiro atoms. The van der Waals surface area contributed by atoms with Crippen LogP contribution in [0.4, 0.5) is 10.5 Å². The molecule has 2 N–H and O–H groups in total. The number of carboxylic acid groups (broad SMARTS) is 1. The van der Waals surface area contributed by atoms with Gasteiger partial charge in [-0.25, -0.2) is 9.59 Å². The predicted octanol–water partition coefficient (Wildman–Crippen LogP) is 3.96. The van der Waals surface area contributed by atoms with Crippen molar-refractivity contribution >= 4 is 40.9 Å². The van der Waals surface area contributed by atoms with Crippen molar-refractivity contribution in [3.05, 3.63) is 27.7 Å². The van der Waals surface area contributed by atoms with Crippen LogP contribution in [-0.4, -0.2) is 35.1 Å². The third-order valence-corrected chi connectivity index (χ3v) is 3.20. The molecular formula is C13H16Cl2N2O3. The lowest BCUT2D eigenvalue weighted by Gasteiger charge is -2.21. The monoisotopic (exact) mass is 318 g/mol. The number of anilines is 1. The molecule has 0 heterocycles. The minimum absolute atomic E-state index is 0.0584. The number of hydrogen-bond acceptors (Lipinski definition) is 2. The Morgan fingerprint density at radius 3 is 2.45 bits per heavy atom. The van der Waals surface area contributed by atoms with Crippen LogP contribution >= 0.6 is 23.2 Å². The Bertz CT molecular complexity index is 521. The van der Waals surface area contributed by atoms with Crippen LogP contribution < -0.4 is 5.32 Å². The molecule has 1 aromatic carbocycles. The van der Waals surface area contributed by atoms with E-state index in [1.54, 1.807) is 4.90 Å². The molecule has 0 fully saturated rings. The van der Waals surface area contributed by atoms with Crippen molar-refractivity contribution in [1.29, 1.82) is 0 Å². The van der Waals surface area contributed by atoms with Crippen LogP contribution in [0, 0.1) is 0 Å². The molecule has 20 heavy (non-hydrogen) atoms. The fourth-order valence-corrected chi connectivity index (χ4v) is 2.27. The molecule has 0 atom stereocenters. The van der Waals surface area contributed by atoms with E-state index in [0.717, 1.165) is 6.42 Å². The van der Waals surface area contributed by atoms with E-state index in [1.807, 2.05) is 13.8 Å². The lowest BCUT2D eigenvalue weighted by atomic mass is 10.2. The first-order chi connectivity index (χ1) is 9.40. The number of halogens is 2. The largest absolute Gasteiger partial charge is 0.478 e. The SMILES string of the molecule is CCCN(CC)C(=O)Nc1c(Cl)cc(Cl)cc1C(=O)O. The summed E-state index contributed by atoms with van der Waals surface area (Å²) in [6.45, 7) is 4.90. The zero-order valence-corrected chi connectivity index (χ0v) is 12.8. The number of benzene rings is 1. The van der Waals surface area contributed by atoms with Crippen LogP contribution in [0.1, 0.15) is 30.6 Å². The fourth-order valence-electron chi connectivity index (χ4n) is 1.73. The number of hydrogen-bond donors (Lipinski definition) is 2. The minimum atomic E-state index is -1.21. The Morgan fingerprint density at radius 1 is 1.30 bits per heavy atom. The van der Waals surface area contributed by atoms with Crippen molar-refractivity contribution in [1.82, 2.24) is 4.90 Å². The molecular weight excluding hydrogens is 303 g/mol. The number of rotatable bonds is 5. The summed E-state index contributed by atoms with van der Waals surface area (Å²) < 4.78 is 0. The van der Waals surface area contributed by atoms with Crippen molar-refractivity contribution in [3.8, 4) is 0 Å². The molecule has 2 amide bonds. The molecule has 0 aliphatic carbocycles. The fraction of sp³-hybridized carbons (Fsp3) is 0.385. The standard InChI is InChI=1S/C13H16Cl2N2O3/c1-3-5-17(4-2)13(20)16-11-9(12(18)19)6-8(14)7-10(11)15/h6-7H,3-5H2,1-2H3,(H,16,20)(H,18,19). The Hall–Kier alpha value is -1.46. The summed E-state index contributed by atoms with van der Waals surface area (Å²) >= 11 is 11.7. The van der Waals surface area contributed by atoms with Gasteiger partial charge in [0.05, 0.1) is 16.3 Å². The van der Waals surface area contributed by atoms with Crippen LogP contribution in [0.2, 0.25) is 10.0 Å². The number of aromatic carboxylic acids is 1. The molecule has 5 nitrogen and oxygen atoms in total. The van der Waals surface area contributed by atoms with Crippen LogP contribution in [0.15, 0.2) is 12.1 Å². The van der Waals surface area contributed by atoms with Gasteiger partial charge in [-0.05, 0) is 25.5 Å². The highest BCUT2D eigenvalue weighted by Crippen LogP contribution is 2.30. The summed E-state index contributed by atoms with van der Waals surface area (Å²) in [7, 11) is 0. The Morgan fingerprint density at radius 2 is 1.95 bits per heavy atom. The highest BCUT2D eigenvalue weighted by atomic mass is 35.5. The first-order valence-corrected chi connectivity index (χ1v) is 6.94. The van der Waals surface area contributed by atoms with E-state index in [1.165, 1.54) is 12.1 Å². The summed E-state index contributed by atoms with van der Waals surface area (Å²) in [5.74, 6) is -1.21. The lowest BCUT2D eigenvalue weighted by Crippen LogP contribution is -2.35. The van der Waals surface area contributed by atoms with Gasteiger partial charge in [0.25, 0.3) is 0 Å². The maximum atomic E-state index is 12.1. The highest BCUT2D eigenvalue weighted by molar-refractivity contribution is 6.37. The second kappa shape index (κ2) is 7.36. The van der Waals surface area contributed by atoms with Crippen LogP contribution in [0.3, 0.4) is 0 Å². The Labute approximate surface area is 127 Å². The van der Waals surface area contributed by atoms with E-state index in [9.17, 15) is 9.59 Å². The van der Waals surface area contributed by atoms with Gasteiger partial charge in [0.15, 0.2) is 0 Å². The average molecular weight is 319 g/mol. The predicted molar refractivity (Wildman–Crippen MR) is 80.0 cm³/mol. The second-order valence-corrected chi connectivity index (χ2v) is 4.97. The van der Waals surface area contributed by atoms with Gasteiger partial charge < -0.3 is 15.3 Å². The maximum Gasteiger partial charge on any atom is 0.337 e. The molecule has 1 aromatic rings. The molecule has 0 saturated heterocycles. The average Bonchev–Trinajstić information content (AvgIpc) is 2.38. The van der Waals surface area contributed by atoms with Gasteiger partial charge in [0.2, 0.25) is 0 Å². The number of carbonyl (C=O) groups excluding carboxylic acids is 1. The maximum absolute atomic E-state index is 12.1. The van der Waals surface area contributed by atoms with Gasteiger partial charge in [-0.15, -0.1) is 0 Å². The summed E-state index contributed by atoms with van der Waals surface area (Å²) in [4.78, 5) is 24.8. The molecule has 0 saturated carbocycles. The van der Waals surface area contributed by atoms with Crippen molar-refractivity contribution < 1.29 is 14.7 Å². The summed E-state index contributed by atoms with van der Waals surface area (Å²) in [6, 6.07) is 2.25. The number of carbonyl (C=O) groups is 2. The third-order valence-electron chi connectivity index (χ3n) is 2.68. The number of nitrogens with one attached hydrogen (secondary N) is 1. The van der Waals surface area contributed by atoms with Crippen molar-refractivity contribution in [2.24, 2.45) is 0 Å². The van der Waals surface area contributed by atoms with E-state index in [-0.39, 0.29) is 27.3 Å². The van der Waals surface area contributed by atoms with Gasteiger partial charge in [-0.1, -0.05) is 30.1 Å². The zero-order valence-electron chi connectivity index (χ0n) is 11.2. The van der Waals surface area contributed by atoms with Crippen molar-refractivity contribution in [2.75, 3.05) is 18.4 Å². The van der Waals surface area contributed by atoms with Gasteiger partial charge in [0, 0.05) is 18.1 Å². The van der Waals surface area contributed by atoms with E-state index in [2.05, 4.69) is 5.32 Å². The summed E-state index contributed by atoms with van der Waals surface area (Å²) in [5.41, 5.74) is -0.0773. The van der Waals surface area contributed by atoms with Gasteiger partial charge in [-0.2, -0.15) is 0 Å². The first-order valence-electron chi connectivity index (χ1n) is 6.18. The molecule has 0 bridgehead atoms. The number of carboxylic acids is 1. The van der Waals surface area contributed by atoms with Crippen LogP contribution in [-0.2, 0) is 0 Å². The smallest absolute Gasteiger partial charge is 0.337 e. The molecule has 7 heteroatoms. The normalized spacial score (nSPS) is 10.2. The Kier molecular flexibility index (Phi) is 6.10. The lowest BCUT2D eigenvalue weighted by molar-refractivity contribution is 0.0698. The number of amides is 2. The van der Waals surface area contributed by atoms with E-state index in [4.69, 9.17) is 28.3 Å².